The maximum atomic E-state index is 12.4. The minimum atomic E-state index is -0.922. The lowest BCUT2D eigenvalue weighted by Crippen LogP contribution is -2.40. The van der Waals surface area contributed by atoms with Crippen molar-refractivity contribution in [2.45, 2.75) is 45.6 Å². The van der Waals surface area contributed by atoms with E-state index >= 15 is 0 Å². The third kappa shape index (κ3) is 2.76. The van der Waals surface area contributed by atoms with E-state index in [0.717, 1.165) is 23.4 Å². The fraction of sp³-hybridized carbons (Fsp3) is 0.533. The summed E-state index contributed by atoms with van der Waals surface area (Å²) in [5.74, 6) is -0.498. The van der Waals surface area contributed by atoms with Gasteiger partial charge < -0.3 is 10.0 Å². The molecule has 0 spiro atoms. The number of rotatable bonds is 4. The second-order valence-electron chi connectivity index (χ2n) is 5.82. The minimum absolute atomic E-state index is 0.118. The highest BCUT2D eigenvalue weighted by atomic mass is 16.4. The summed E-state index contributed by atoms with van der Waals surface area (Å²) < 4.78 is 1.66. The molecule has 0 bridgehead atoms. The number of carboxylic acids is 1. The third-order valence-electron chi connectivity index (χ3n) is 4.44. The molecule has 0 aromatic carbocycles. The SMILES string of the molecule is Cc1nc2ncnn2c(C)c1CCC(=O)N1CCCC1C(=O)O. The summed E-state index contributed by atoms with van der Waals surface area (Å²) in [5.41, 5.74) is 2.70. The van der Waals surface area contributed by atoms with Gasteiger partial charge in [-0.1, -0.05) is 0 Å². The number of hydrogen-bond donors (Lipinski definition) is 1. The average molecular weight is 317 g/mol. The van der Waals surface area contributed by atoms with Gasteiger partial charge in [0, 0.05) is 24.4 Å². The molecular formula is C15H19N5O3. The molecule has 1 unspecified atom stereocenters. The van der Waals surface area contributed by atoms with Gasteiger partial charge in [-0.05, 0) is 38.7 Å². The zero-order chi connectivity index (χ0) is 16.6. The zero-order valence-electron chi connectivity index (χ0n) is 13.2. The summed E-state index contributed by atoms with van der Waals surface area (Å²) in [5, 5.41) is 13.3. The Morgan fingerprint density at radius 3 is 2.91 bits per heavy atom. The van der Waals surface area contributed by atoms with Crippen LogP contribution in [0.5, 0.6) is 0 Å². The first-order chi connectivity index (χ1) is 11.0. The number of aromatic nitrogens is 4. The van der Waals surface area contributed by atoms with E-state index in [1.807, 2.05) is 13.8 Å². The van der Waals surface area contributed by atoms with E-state index in [9.17, 15) is 14.7 Å². The molecule has 3 heterocycles. The van der Waals surface area contributed by atoms with Gasteiger partial charge in [-0.2, -0.15) is 10.1 Å². The predicted octanol–water partition coefficient (Wildman–Crippen LogP) is 0.749. The van der Waals surface area contributed by atoms with Crippen LogP contribution in [0, 0.1) is 13.8 Å². The molecule has 1 saturated heterocycles. The first kappa shape index (κ1) is 15.4. The van der Waals surface area contributed by atoms with E-state index in [-0.39, 0.29) is 12.3 Å². The van der Waals surface area contributed by atoms with E-state index in [0.29, 0.717) is 25.2 Å². The van der Waals surface area contributed by atoms with Gasteiger partial charge >= 0.3 is 5.97 Å². The monoisotopic (exact) mass is 317 g/mol. The number of carbonyl (C=O) groups excluding carboxylic acids is 1. The molecular weight excluding hydrogens is 298 g/mol. The Balaban J connectivity index is 1.75. The normalized spacial score (nSPS) is 17.8. The third-order valence-corrected chi connectivity index (χ3v) is 4.44. The van der Waals surface area contributed by atoms with Gasteiger partial charge in [0.05, 0.1) is 0 Å². The lowest BCUT2D eigenvalue weighted by molar-refractivity contribution is -0.148. The van der Waals surface area contributed by atoms with Gasteiger partial charge in [0.1, 0.15) is 12.4 Å². The summed E-state index contributed by atoms with van der Waals surface area (Å²) in [6.07, 6.45) is 3.51. The van der Waals surface area contributed by atoms with Gasteiger partial charge in [0.25, 0.3) is 5.78 Å². The molecule has 122 valence electrons. The Hall–Kier alpha value is -2.51. The topological polar surface area (TPSA) is 101 Å². The molecule has 1 aliphatic rings. The Bertz CT molecular complexity index is 770. The van der Waals surface area contributed by atoms with Crippen LogP contribution in [-0.4, -0.2) is 54.1 Å². The lowest BCUT2D eigenvalue weighted by atomic mass is 10.1. The molecule has 2 aromatic heterocycles. The number of aryl methyl sites for hydroxylation is 2. The number of carboxylic acid groups (broad SMARTS) is 1. The second kappa shape index (κ2) is 5.94. The van der Waals surface area contributed by atoms with Crippen LogP contribution >= 0.6 is 0 Å². The Morgan fingerprint density at radius 1 is 1.39 bits per heavy atom. The minimum Gasteiger partial charge on any atom is -0.480 e. The van der Waals surface area contributed by atoms with Crippen molar-refractivity contribution in [3.05, 3.63) is 23.3 Å². The number of carbonyl (C=O) groups is 2. The van der Waals surface area contributed by atoms with Crippen molar-refractivity contribution in [2.24, 2.45) is 0 Å². The second-order valence-corrected chi connectivity index (χ2v) is 5.82. The van der Waals surface area contributed by atoms with Gasteiger partial charge in [-0.15, -0.1) is 0 Å². The van der Waals surface area contributed by atoms with Crippen LogP contribution < -0.4 is 0 Å². The molecule has 1 amide bonds. The molecule has 8 heteroatoms. The molecule has 0 saturated carbocycles. The standard InChI is InChI=1S/C15H19N5O3/c1-9-11(10(2)20-15(18-9)16-8-17-20)5-6-13(21)19-7-3-4-12(19)14(22)23/h8,12H,3-7H2,1-2H3,(H,22,23). The number of nitrogens with zero attached hydrogens (tertiary/aromatic N) is 5. The smallest absolute Gasteiger partial charge is 0.326 e. The molecule has 0 radical (unpaired) electrons. The predicted molar refractivity (Wildman–Crippen MR) is 80.9 cm³/mol. The van der Waals surface area contributed by atoms with E-state index in [4.69, 9.17) is 0 Å². The van der Waals surface area contributed by atoms with Gasteiger partial charge in [-0.3, -0.25) is 4.79 Å². The van der Waals surface area contributed by atoms with Crippen molar-refractivity contribution >= 4 is 17.7 Å². The summed E-state index contributed by atoms with van der Waals surface area (Å²) >= 11 is 0. The molecule has 0 aliphatic carbocycles. The van der Waals surface area contributed by atoms with Crippen molar-refractivity contribution in [3.8, 4) is 0 Å². The molecule has 2 aromatic rings. The number of amides is 1. The Morgan fingerprint density at radius 2 is 2.17 bits per heavy atom. The van der Waals surface area contributed by atoms with Crippen LogP contribution in [0.1, 0.15) is 36.2 Å². The largest absolute Gasteiger partial charge is 0.480 e. The van der Waals surface area contributed by atoms with Gasteiger partial charge in [-0.25, -0.2) is 14.3 Å². The van der Waals surface area contributed by atoms with E-state index in [1.165, 1.54) is 11.2 Å². The van der Waals surface area contributed by atoms with Crippen molar-refractivity contribution in [2.75, 3.05) is 6.54 Å². The fourth-order valence-corrected chi connectivity index (χ4v) is 3.21. The number of hydrogen-bond acceptors (Lipinski definition) is 5. The first-order valence-electron chi connectivity index (χ1n) is 7.67. The zero-order valence-corrected chi connectivity index (χ0v) is 13.2. The summed E-state index contributed by atoms with van der Waals surface area (Å²) in [6, 6.07) is -0.680. The van der Waals surface area contributed by atoms with Crippen LogP contribution in [0.15, 0.2) is 6.33 Å². The maximum Gasteiger partial charge on any atom is 0.326 e. The summed E-state index contributed by atoms with van der Waals surface area (Å²) in [7, 11) is 0. The van der Waals surface area contributed by atoms with Crippen LogP contribution in [-0.2, 0) is 16.0 Å². The van der Waals surface area contributed by atoms with Crippen molar-refractivity contribution in [1.82, 2.24) is 24.5 Å². The highest BCUT2D eigenvalue weighted by Gasteiger charge is 2.33. The van der Waals surface area contributed by atoms with Crippen LogP contribution in [0.25, 0.3) is 5.78 Å². The summed E-state index contributed by atoms with van der Waals surface area (Å²) in [4.78, 5) is 33.5. The van der Waals surface area contributed by atoms with Crippen LogP contribution in [0.3, 0.4) is 0 Å². The maximum absolute atomic E-state index is 12.4. The molecule has 1 aliphatic heterocycles. The van der Waals surface area contributed by atoms with Crippen molar-refractivity contribution in [1.29, 1.82) is 0 Å². The van der Waals surface area contributed by atoms with E-state index in [1.54, 1.807) is 4.52 Å². The Labute approximate surface area is 133 Å². The van der Waals surface area contributed by atoms with Crippen LogP contribution in [0.4, 0.5) is 0 Å². The number of fused-ring (bicyclic) bond motifs is 1. The highest BCUT2D eigenvalue weighted by Crippen LogP contribution is 2.20. The van der Waals surface area contributed by atoms with Crippen molar-refractivity contribution < 1.29 is 14.7 Å². The van der Waals surface area contributed by atoms with Gasteiger partial charge in [0.2, 0.25) is 5.91 Å². The van der Waals surface area contributed by atoms with E-state index in [2.05, 4.69) is 15.1 Å². The first-order valence-corrected chi connectivity index (χ1v) is 7.67. The lowest BCUT2D eigenvalue weighted by Gasteiger charge is -2.21. The quantitative estimate of drug-likeness (QED) is 0.893. The highest BCUT2D eigenvalue weighted by molar-refractivity contribution is 5.84. The molecule has 3 rings (SSSR count). The van der Waals surface area contributed by atoms with E-state index < -0.39 is 12.0 Å². The molecule has 8 nitrogen and oxygen atoms in total. The summed E-state index contributed by atoms with van der Waals surface area (Å²) in [6.45, 7) is 4.33. The average Bonchev–Trinajstić information content (AvgIpc) is 3.15. The molecule has 1 atom stereocenters. The van der Waals surface area contributed by atoms with Crippen molar-refractivity contribution in [3.63, 3.8) is 0 Å². The van der Waals surface area contributed by atoms with Gasteiger partial charge in [0.15, 0.2) is 0 Å². The molecule has 23 heavy (non-hydrogen) atoms. The fourth-order valence-electron chi connectivity index (χ4n) is 3.21. The Kier molecular flexibility index (Phi) is 3.97. The van der Waals surface area contributed by atoms with Crippen LogP contribution in [0.2, 0.25) is 0 Å². The molecule has 1 N–H and O–H groups in total. The number of likely N-dealkylation sites (tertiary alicyclic amines) is 1. The number of aliphatic carboxylic acids is 1. The molecule has 1 fully saturated rings.